The number of amides is 1. The van der Waals surface area contributed by atoms with Crippen LogP contribution in [0, 0.1) is 6.92 Å². The van der Waals surface area contributed by atoms with E-state index in [1.165, 1.54) is 0 Å². The van der Waals surface area contributed by atoms with Crippen LogP contribution in [0.2, 0.25) is 5.02 Å². The second-order valence-corrected chi connectivity index (χ2v) is 5.79. The van der Waals surface area contributed by atoms with Gasteiger partial charge in [0.1, 0.15) is 0 Å². The molecule has 0 spiro atoms. The van der Waals surface area contributed by atoms with Crippen LogP contribution in [0.4, 0.5) is 5.82 Å². The molecule has 0 radical (unpaired) electrons. The van der Waals surface area contributed by atoms with Crippen molar-refractivity contribution in [1.29, 1.82) is 0 Å². The molecule has 0 aliphatic carbocycles. The van der Waals surface area contributed by atoms with Gasteiger partial charge in [-0.2, -0.15) is 5.10 Å². The Labute approximate surface area is 139 Å². The summed E-state index contributed by atoms with van der Waals surface area (Å²) in [7, 11) is 0. The third-order valence-electron chi connectivity index (χ3n) is 3.42. The summed E-state index contributed by atoms with van der Waals surface area (Å²) in [6, 6.07) is 16.8. The molecule has 0 saturated carbocycles. The van der Waals surface area contributed by atoms with E-state index in [1.54, 1.807) is 16.8 Å². The number of nitrogens with zero attached hydrogens (tertiary/aromatic N) is 2. The monoisotopic (exact) mass is 325 g/mol. The molecule has 0 fully saturated rings. The Hall–Kier alpha value is -2.59. The average molecular weight is 326 g/mol. The molecule has 1 N–H and O–H groups in total. The molecule has 2 aromatic carbocycles. The number of hydrogen-bond acceptors (Lipinski definition) is 2. The van der Waals surface area contributed by atoms with Crippen molar-refractivity contribution < 1.29 is 4.79 Å². The Bertz CT molecular complexity index is 824. The number of carbonyl (C=O) groups excluding carboxylic acids is 1. The Morgan fingerprint density at radius 2 is 1.96 bits per heavy atom. The molecule has 0 aliphatic heterocycles. The van der Waals surface area contributed by atoms with Crippen molar-refractivity contribution in [1.82, 2.24) is 9.78 Å². The van der Waals surface area contributed by atoms with Gasteiger partial charge in [0.2, 0.25) is 0 Å². The third kappa shape index (κ3) is 3.99. The molecule has 3 rings (SSSR count). The molecule has 3 aromatic rings. The van der Waals surface area contributed by atoms with Crippen molar-refractivity contribution in [3.8, 4) is 0 Å². The highest BCUT2D eigenvalue weighted by atomic mass is 35.5. The highest BCUT2D eigenvalue weighted by Gasteiger charge is 2.08. The molecule has 1 amide bonds. The number of aromatic nitrogens is 2. The molecule has 5 heteroatoms. The molecule has 23 heavy (non-hydrogen) atoms. The van der Waals surface area contributed by atoms with Gasteiger partial charge >= 0.3 is 0 Å². The van der Waals surface area contributed by atoms with E-state index in [9.17, 15) is 4.79 Å². The van der Waals surface area contributed by atoms with Gasteiger partial charge < -0.3 is 5.32 Å². The number of hydrogen-bond donors (Lipinski definition) is 1. The lowest BCUT2D eigenvalue weighted by atomic mass is 10.1. The van der Waals surface area contributed by atoms with Gasteiger partial charge in [-0.15, -0.1) is 0 Å². The molecule has 0 aliphatic rings. The first-order valence-electron chi connectivity index (χ1n) is 7.26. The normalized spacial score (nSPS) is 10.5. The molecule has 116 valence electrons. The van der Waals surface area contributed by atoms with E-state index >= 15 is 0 Å². The smallest absolute Gasteiger partial charge is 0.256 e. The first-order valence-corrected chi connectivity index (χ1v) is 7.64. The standard InChI is InChI=1S/C18H16ClN3O/c1-13-3-2-4-15(11-13)18(23)20-17-9-10-22(21-17)12-14-5-7-16(19)8-6-14/h2-11H,12H2,1H3,(H,20,21,23). The predicted molar refractivity (Wildman–Crippen MR) is 91.9 cm³/mol. The van der Waals surface area contributed by atoms with Gasteiger partial charge in [0.25, 0.3) is 5.91 Å². The maximum atomic E-state index is 12.2. The van der Waals surface area contributed by atoms with Gasteiger partial charge in [-0.1, -0.05) is 41.4 Å². The van der Waals surface area contributed by atoms with E-state index in [0.29, 0.717) is 22.9 Å². The topological polar surface area (TPSA) is 46.9 Å². The number of rotatable bonds is 4. The quantitative estimate of drug-likeness (QED) is 0.783. The summed E-state index contributed by atoms with van der Waals surface area (Å²) in [5, 5.41) is 7.88. The van der Waals surface area contributed by atoms with E-state index in [1.807, 2.05) is 55.6 Å². The second-order valence-electron chi connectivity index (χ2n) is 5.35. The van der Waals surface area contributed by atoms with Crippen LogP contribution in [0.15, 0.2) is 60.8 Å². The number of benzene rings is 2. The predicted octanol–water partition coefficient (Wildman–Crippen LogP) is 4.15. The van der Waals surface area contributed by atoms with Crippen LogP contribution in [-0.4, -0.2) is 15.7 Å². The van der Waals surface area contributed by atoms with Crippen LogP contribution in [-0.2, 0) is 6.54 Å². The van der Waals surface area contributed by atoms with Crippen molar-refractivity contribution in [2.24, 2.45) is 0 Å². The second kappa shape index (κ2) is 6.67. The highest BCUT2D eigenvalue weighted by Crippen LogP contribution is 2.12. The van der Waals surface area contributed by atoms with Gasteiger partial charge in [-0.25, -0.2) is 0 Å². The summed E-state index contributed by atoms with van der Waals surface area (Å²) in [4.78, 5) is 12.2. The molecule has 4 nitrogen and oxygen atoms in total. The number of aryl methyl sites for hydroxylation is 1. The SMILES string of the molecule is Cc1cccc(C(=O)Nc2ccn(Cc3ccc(Cl)cc3)n2)c1. The zero-order chi connectivity index (χ0) is 16.2. The van der Waals surface area contributed by atoms with Crippen molar-refractivity contribution in [2.45, 2.75) is 13.5 Å². The van der Waals surface area contributed by atoms with Crippen molar-refractivity contribution in [3.05, 3.63) is 82.5 Å². The lowest BCUT2D eigenvalue weighted by molar-refractivity contribution is 0.102. The largest absolute Gasteiger partial charge is 0.305 e. The summed E-state index contributed by atoms with van der Waals surface area (Å²) in [5.41, 5.74) is 2.76. The Morgan fingerprint density at radius 1 is 1.17 bits per heavy atom. The third-order valence-corrected chi connectivity index (χ3v) is 3.67. The lowest BCUT2D eigenvalue weighted by Gasteiger charge is -2.04. The Kier molecular flexibility index (Phi) is 4.44. The fraction of sp³-hybridized carbons (Fsp3) is 0.111. The molecule has 1 heterocycles. The minimum atomic E-state index is -0.162. The van der Waals surface area contributed by atoms with E-state index in [0.717, 1.165) is 11.1 Å². The van der Waals surface area contributed by atoms with Gasteiger partial charge in [-0.05, 0) is 36.8 Å². The maximum absolute atomic E-state index is 12.2. The average Bonchev–Trinajstić information content (AvgIpc) is 2.96. The first-order chi connectivity index (χ1) is 11.1. The van der Waals surface area contributed by atoms with Gasteiger partial charge in [0, 0.05) is 22.8 Å². The first kappa shape index (κ1) is 15.3. The van der Waals surface area contributed by atoms with Crippen LogP contribution in [0.5, 0.6) is 0 Å². The minimum Gasteiger partial charge on any atom is -0.305 e. The minimum absolute atomic E-state index is 0.162. The molecule has 1 aromatic heterocycles. The van der Waals surface area contributed by atoms with E-state index in [-0.39, 0.29) is 5.91 Å². The highest BCUT2D eigenvalue weighted by molar-refractivity contribution is 6.30. The van der Waals surface area contributed by atoms with Gasteiger partial charge in [-0.3, -0.25) is 9.48 Å². The van der Waals surface area contributed by atoms with E-state index < -0.39 is 0 Å². The number of anilines is 1. The number of carbonyl (C=O) groups is 1. The summed E-state index contributed by atoms with van der Waals surface area (Å²) in [5.74, 6) is 0.371. The van der Waals surface area contributed by atoms with Crippen molar-refractivity contribution in [2.75, 3.05) is 5.32 Å². The summed E-state index contributed by atoms with van der Waals surface area (Å²) < 4.78 is 1.77. The van der Waals surface area contributed by atoms with E-state index in [2.05, 4.69) is 10.4 Å². The number of halogens is 1. The van der Waals surface area contributed by atoms with E-state index in [4.69, 9.17) is 11.6 Å². The summed E-state index contributed by atoms with van der Waals surface area (Å²) in [6.45, 7) is 2.58. The Balaban J connectivity index is 1.67. The maximum Gasteiger partial charge on any atom is 0.256 e. The molecule has 0 atom stereocenters. The van der Waals surface area contributed by atoms with Crippen molar-refractivity contribution in [3.63, 3.8) is 0 Å². The zero-order valence-corrected chi connectivity index (χ0v) is 13.4. The molecular formula is C18H16ClN3O. The molecule has 0 saturated heterocycles. The van der Waals surface area contributed by atoms with Gasteiger partial charge in [0.05, 0.1) is 6.54 Å². The van der Waals surface area contributed by atoms with Crippen LogP contribution in [0.1, 0.15) is 21.5 Å². The molecular weight excluding hydrogens is 310 g/mol. The van der Waals surface area contributed by atoms with Gasteiger partial charge in [0.15, 0.2) is 5.82 Å². The summed E-state index contributed by atoms with van der Waals surface area (Å²) in [6.07, 6.45) is 1.83. The summed E-state index contributed by atoms with van der Waals surface area (Å²) >= 11 is 5.88. The number of nitrogens with one attached hydrogen (secondary N) is 1. The fourth-order valence-electron chi connectivity index (χ4n) is 2.27. The van der Waals surface area contributed by atoms with Crippen LogP contribution in [0.25, 0.3) is 0 Å². The zero-order valence-electron chi connectivity index (χ0n) is 12.7. The van der Waals surface area contributed by atoms with Crippen LogP contribution >= 0.6 is 11.6 Å². The van der Waals surface area contributed by atoms with Crippen LogP contribution < -0.4 is 5.32 Å². The lowest BCUT2D eigenvalue weighted by Crippen LogP contribution is -2.13. The van der Waals surface area contributed by atoms with Crippen molar-refractivity contribution >= 4 is 23.3 Å². The van der Waals surface area contributed by atoms with Crippen LogP contribution in [0.3, 0.4) is 0 Å². The fourth-order valence-corrected chi connectivity index (χ4v) is 2.39. The molecule has 0 unspecified atom stereocenters. The Morgan fingerprint density at radius 3 is 2.70 bits per heavy atom. The molecule has 0 bridgehead atoms.